The molecular weight excluding hydrogens is 463 g/mol. The van der Waals surface area contributed by atoms with Crippen molar-refractivity contribution in [3.63, 3.8) is 0 Å². The van der Waals surface area contributed by atoms with E-state index in [1.807, 2.05) is 0 Å². The molecule has 1 aromatic carbocycles. The number of anilines is 1. The normalized spacial score (nSPS) is 17.5. The number of hydrogen-bond acceptors (Lipinski definition) is 3. The van der Waals surface area contributed by atoms with Gasteiger partial charge >= 0.3 is 0 Å². The molecule has 0 aromatic heterocycles. The molecule has 0 amide bonds. The number of rotatable bonds is 7. The van der Waals surface area contributed by atoms with E-state index in [-0.39, 0.29) is 24.0 Å². The lowest BCUT2D eigenvalue weighted by Crippen LogP contribution is -2.40. The van der Waals surface area contributed by atoms with E-state index in [9.17, 15) is 0 Å². The molecule has 1 N–H and O–H groups in total. The van der Waals surface area contributed by atoms with E-state index in [0.717, 1.165) is 51.3 Å². The summed E-state index contributed by atoms with van der Waals surface area (Å²) in [4.78, 5) is 9.53. The summed E-state index contributed by atoms with van der Waals surface area (Å²) in [6, 6.07) is 8.76. The Morgan fingerprint density at radius 3 is 2.71 bits per heavy atom. The number of ether oxygens (including phenoxy) is 1. The van der Waals surface area contributed by atoms with Crippen molar-refractivity contribution in [1.29, 1.82) is 0 Å². The summed E-state index contributed by atoms with van der Waals surface area (Å²) in [5.74, 6) is 1.78. The summed E-state index contributed by atoms with van der Waals surface area (Å²) >= 11 is 0. The summed E-state index contributed by atoms with van der Waals surface area (Å²) in [6.07, 6.45) is 8.05. The number of benzene rings is 1. The first-order valence-corrected chi connectivity index (χ1v) is 10.3. The molecule has 2 aliphatic rings. The summed E-state index contributed by atoms with van der Waals surface area (Å²) in [5.41, 5.74) is 2.54. The van der Waals surface area contributed by atoms with Crippen LogP contribution >= 0.6 is 24.0 Å². The molecule has 1 aromatic rings. The second-order valence-corrected chi connectivity index (χ2v) is 7.48. The van der Waals surface area contributed by atoms with Gasteiger partial charge in [0.2, 0.25) is 0 Å². The first-order valence-electron chi connectivity index (χ1n) is 10.3. The van der Waals surface area contributed by atoms with Gasteiger partial charge in [-0.2, -0.15) is 0 Å². The summed E-state index contributed by atoms with van der Waals surface area (Å²) < 4.78 is 5.47. The van der Waals surface area contributed by atoms with E-state index in [1.54, 1.807) is 0 Å². The fraction of sp³-hybridized carbons (Fsp3) is 0.591. The summed E-state index contributed by atoms with van der Waals surface area (Å²) in [7, 11) is 2.15. The molecule has 0 atom stereocenters. The van der Waals surface area contributed by atoms with E-state index >= 15 is 0 Å². The maximum atomic E-state index is 5.47. The fourth-order valence-electron chi connectivity index (χ4n) is 3.69. The quantitative estimate of drug-likeness (QED) is 0.268. The van der Waals surface area contributed by atoms with Gasteiger partial charge in [-0.25, -0.2) is 4.99 Å². The Balaban J connectivity index is 0.00000280. The highest BCUT2D eigenvalue weighted by Gasteiger charge is 2.15. The van der Waals surface area contributed by atoms with Crippen LogP contribution in [0.5, 0.6) is 0 Å². The minimum absolute atomic E-state index is 0. The molecule has 2 heterocycles. The van der Waals surface area contributed by atoms with Gasteiger partial charge in [-0.3, -0.25) is 0 Å². The monoisotopic (exact) mass is 498 g/mol. The molecule has 0 unspecified atom stereocenters. The third-order valence-electron chi connectivity index (χ3n) is 5.42. The van der Waals surface area contributed by atoms with Crippen molar-refractivity contribution in [2.75, 3.05) is 51.3 Å². The molecular formula is C22H35IN4O. The lowest BCUT2D eigenvalue weighted by Gasteiger charge is -2.27. The van der Waals surface area contributed by atoms with Crippen LogP contribution in [0.1, 0.15) is 31.7 Å². The van der Waals surface area contributed by atoms with Gasteiger partial charge in [0.15, 0.2) is 5.96 Å². The van der Waals surface area contributed by atoms with E-state index in [0.29, 0.717) is 6.54 Å². The van der Waals surface area contributed by atoms with E-state index in [4.69, 9.17) is 9.73 Å². The maximum absolute atomic E-state index is 5.47. The molecule has 3 rings (SSSR count). The molecule has 0 radical (unpaired) electrons. The maximum Gasteiger partial charge on any atom is 0.193 e. The number of aliphatic imine (C=N–C) groups is 1. The van der Waals surface area contributed by atoms with Crippen LogP contribution in [0.4, 0.5) is 5.69 Å². The standard InChI is InChI=1S/C22H34N4O.HI/c1-3-23-22(25(2)14-9-19-10-15-27-16-11-19)24-18-20-7-6-8-21(17-20)26-12-4-5-13-26;/h4-8,17,19H,3,9-16,18H2,1-2H3,(H,23,24);1H. The van der Waals surface area contributed by atoms with Gasteiger partial charge in [-0.1, -0.05) is 24.3 Å². The van der Waals surface area contributed by atoms with Crippen molar-refractivity contribution < 1.29 is 4.74 Å². The van der Waals surface area contributed by atoms with Gasteiger partial charge in [0.05, 0.1) is 6.54 Å². The molecule has 0 aliphatic carbocycles. The molecule has 156 valence electrons. The third kappa shape index (κ3) is 6.95. The first-order chi connectivity index (χ1) is 13.3. The average molecular weight is 498 g/mol. The summed E-state index contributed by atoms with van der Waals surface area (Å²) in [6.45, 7) is 8.61. The van der Waals surface area contributed by atoms with Crippen molar-refractivity contribution in [2.24, 2.45) is 10.9 Å². The molecule has 2 aliphatic heterocycles. The van der Waals surface area contributed by atoms with Crippen LogP contribution < -0.4 is 10.2 Å². The smallest absolute Gasteiger partial charge is 0.193 e. The molecule has 0 saturated carbocycles. The Bertz CT molecular complexity index is 635. The zero-order chi connectivity index (χ0) is 18.9. The molecule has 28 heavy (non-hydrogen) atoms. The van der Waals surface area contributed by atoms with Crippen LogP contribution in [0.3, 0.4) is 0 Å². The lowest BCUT2D eigenvalue weighted by atomic mass is 9.96. The van der Waals surface area contributed by atoms with Crippen molar-refractivity contribution in [3.05, 3.63) is 42.0 Å². The minimum Gasteiger partial charge on any atom is -0.381 e. The number of nitrogens with one attached hydrogen (secondary N) is 1. The van der Waals surface area contributed by atoms with Crippen LogP contribution in [0.25, 0.3) is 0 Å². The highest BCUT2D eigenvalue weighted by Crippen LogP contribution is 2.20. The SMILES string of the molecule is CCNC(=NCc1cccc(N2CC=CC2)c1)N(C)CCC1CCOCC1.I. The largest absolute Gasteiger partial charge is 0.381 e. The van der Waals surface area contributed by atoms with Crippen LogP contribution in [0.2, 0.25) is 0 Å². The number of nitrogens with zero attached hydrogens (tertiary/aromatic N) is 3. The van der Waals surface area contributed by atoms with Crippen molar-refractivity contribution in [2.45, 2.75) is 32.7 Å². The predicted octanol–water partition coefficient (Wildman–Crippen LogP) is 3.89. The van der Waals surface area contributed by atoms with Gasteiger partial charge in [-0.05, 0) is 49.8 Å². The van der Waals surface area contributed by atoms with Gasteiger partial charge in [-0.15, -0.1) is 24.0 Å². The summed E-state index contributed by atoms with van der Waals surface area (Å²) in [5, 5.41) is 3.44. The van der Waals surface area contributed by atoms with E-state index in [1.165, 1.54) is 30.5 Å². The highest BCUT2D eigenvalue weighted by molar-refractivity contribution is 14.0. The average Bonchev–Trinajstić information content (AvgIpc) is 3.25. The zero-order valence-electron chi connectivity index (χ0n) is 17.3. The van der Waals surface area contributed by atoms with Crippen molar-refractivity contribution >= 4 is 35.6 Å². The van der Waals surface area contributed by atoms with Crippen molar-refractivity contribution in [3.8, 4) is 0 Å². The Morgan fingerprint density at radius 2 is 2.00 bits per heavy atom. The first kappa shape index (κ1) is 23.0. The van der Waals surface area contributed by atoms with Gasteiger partial charge in [0, 0.05) is 52.1 Å². The number of guanidine groups is 1. The van der Waals surface area contributed by atoms with Gasteiger partial charge < -0.3 is 19.9 Å². The highest BCUT2D eigenvalue weighted by atomic mass is 127. The van der Waals surface area contributed by atoms with Gasteiger partial charge in [0.25, 0.3) is 0 Å². The Hall–Kier alpha value is -1.28. The Kier molecular flexibility index (Phi) is 10.1. The molecule has 0 spiro atoms. The molecule has 1 saturated heterocycles. The Morgan fingerprint density at radius 1 is 1.25 bits per heavy atom. The third-order valence-corrected chi connectivity index (χ3v) is 5.42. The predicted molar refractivity (Wildman–Crippen MR) is 129 cm³/mol. The van der Waals surface area contributed by atoms with E-state index in [2.05, 4.69) is 65.5 Å². The second-order valence-electron chi connectivity index (χ2n) is 7.48. The Labute approximate surface area is 187 Å². The number of halogens is 1. The minimum atomic E-state index is 0. The fourth-order valence-corrected chi connectivity index (χ4v) is 3.69. The molecule has 0 bridgehead atoms. The number of hydrogen-bond donors (Lipinski definition) is 1. The zero-order valence-corrected chi connectivity index (χ0v) is 19.6. The molecule has 5 nitrogen and oxygen atoms in total. The molecule has 1 fully saturated rings. The molecule has 6 heteroatoms. The van der Waals surface area contributed by atoms with Crippen molar-refractivity contribution in [1.82, 2.24) is 10.2 Å². The topological polar surface area (TPSA) is 40.1 Å². The van der Waals surface area contributed by atoms with Crippen LogP contribution in [0, 0.1) is 5.92 Å². The van der Waals surface area contributed by atoms with Crippen LogP contribution in [-0.2, 0) is 11.3 Å². The van der Waals surface area contributed by atoms with Crippen LogP contribution in [0.15, 0.2) is 41.4 Å². The van der Waals surface area contributed by atoms with E-state index < -0.39 is 0 Å². The second kappa shape index (κ2) is 12.3. The van der Waals surface area contributed by atoms with Gasteiger partial charge in [0.1, 0.15) is 0 Å². The van der Waals surface area contributed by atoms with Crippen LogP contribution in [-0.4, -0.2) is 57.3 Å². The lowest BCUT2D eigenvalue weighted by molar-refractivity contribution is 0.0625.